The first-order chi connectivity index (χ1) is 11.2. The van der Waals surface area contributed by atoms with Gasteiger partial charge in [0.05, 0.1) is 5.56 Å². The molecule has 0 bridgehead atoms. The normalized spacial score (nSPS) is 11.9. The summed E-state index contributed by atoms with van der Waals surface area (Å²) in [5.41, 5.74) is 1.51. The number of hydrogen-bond donors (Lipinski definition) is 0. The van der Waals surface area contributed by atoms with Crippen molar-refractivity contribution in [3.63, 3.8) is 0 Å². The van der Waals surface area contributed by atoms with Crippen LogP contribution in [0.15, 0.2) is 54.6 Å². The zero-order valence-corrected chi connectivity index (χ0v) is 16.1. The molecule has 0 unspecified atom stereocenters. The maximum Gasteiger partial charge on any atom is 0.338 e. The Morgan fingerprint density at radius 2 is 1.54 bits per heavy atom. The molecule has 0 aliphatic carbocycles. The average molecular weight is 343 g/mol. The third-order valence-electron chi connectivity index (χ3n) is 4.48. The number of esters is 1. The Balaban J connectivity index is 1.97. The minimum atomic E-state index is -1.87. The molecule has 0 amide bonds. The molecule has 0 spiro atoms. The minimum absolute atomic E-state index is 0.139. The van der Waals surface area contributed by atoms with Gasteiger partial charge in [-0.05, 0) is 48.0 Å². The van der Waals surface area contributed by atoms with Crippen LogP contribution in [0.4, 0.5) is 0 Å². The van der Waals surface area contributed by atoms with Gasteiger partial charge in [-0.2, -0.15) is 0 Å². The Morgan fingerprint density at radius 3 is 2.08 bits per heavy atom. The van der Waals surface area contributed by atoms with E-state index in [9.17, 15) is 4.79 Å². The zero-order chi connectivity index (χ0) is 17.8. The van der Waals surface area contributed by atoms with Gasteiger partial charge >= 0.3 is 5.97 Å². The Labute approximate surface area is 145 Å². The molecule has 128 valence electrons. The first kappa shape index (κ1) is 18.3. The van der Waals surface area contributed by atoms with Gasteiger partial charge in [0, 0.05) is 0 Å². The molecule has 3 nitrogen and oxygen atoms in total. The van der Waals surface area contributed by atoms with E-state index in [0.717, 1.165) is 11.3 Å². The maximum absolute atomic E-state index is 12.1. The van der Waals surface area contributed by atoms with Crippen LogP contribution in [0.1, 0.15) is 36.7 Å². The predicted octanol–water partition coefficient (Wildman–Crippen LogP) is 5.43. The summed E-state index contributed by atoms with van der Waals surface area (Å²) in [5, 5.41) is 0.139. The summed E-state index contributed by atoms with van der Waals surface area (Å²) in [6, 6.07) is 16.9. The van der Waals surface area contributed by atoms with Gasteiger partial charge in [0.1, 0.15) is 12.4 Å². The molecule has 4 heteroatoms. The average Bonchev–Trinajstić information content (AvgIpc) is 2.53. The van der Waals surface area contributed by atoms with Crippen LogP contribution in [0, 0.1) is 0 Å². The largest absolute Gasteiger partial charge is 0.544 e. The van der Waals surface area contributed by atoms with E-state index in [0.29, 0.717) is 5.56 Å². The number of benzene rings is 2. The van der Waals surface area contributed by atoms with Crippen molar-refractivity contribution in [3.05, 3.63) is 65.7 Å². The van der Waals surface area contributed by atoms with E-state index >= 15 is 0 Å². The van der Waals surface area contributed by atoms with Crippen molar-refractivity contribution in [2.45, 2.75) is 45.5 Å². The van der Waals surface area contributed by atoms with Crippen molar-refractivity contribution in [3.8, 4) is 5.75 Å². The molecule has 0 saturated carbocycles. The Kier molecular flexibility index (Phi) is 5.50. The SMILES string of the molecule is CC(C)(C)[Si](C)(C)Oc1ccc(C(=O)OCc2ccccc2)cc1. The lowest BCUT2D eigenvalue weighted by Gasteiger charge is -2.36. The third-order valence-corrected chi connectivity index (χ3v) is 8.84. The van der Waals surface area contributed by atoms with Gasteiger partial charge in [0.25, 0.3) is 0 Å². The number of hydrogen-bond acceptors (Lipinski definition) is 3. The molecule has 0 fully saturated rings. The quantitative estimate of drug-likeness (QED) is 0.537. The van der Waals surface area contributed by atoms with Crippen LogP contribution in [0.3, 0.4) is 0 Å². The summed E-state index contributed by atoms with van der Waals surface area (Å²) in [6.45, 7) is 11.3. The van der Waals surface area contributed by atoms with Crippen molar-refractivity contribution in [2.24, 2.45) is 0 Å². The second-order valence-electron chi connectivity index (χ2n) is 7.45. The number of rotatable bonds is 5. The Morgan fingerprint density at radius 1 is 0.958 bits per heavy atom. The van der Waals surface area contributed by atoms with E-state index in [1.807, 2.05) is 42.5 Å². The molecule has 2 rings (SSSR count). The van der Waals surface area contributed by atoms with Crippen molar-refractivity contribution >= 4 is 14.3 Å². The zero-order valence-electron chi connectivity index (χ0n) is 15.1. The first-order valence-corrected chi connectivity index (χ1v) is 11.1. The molecular weight excluding hydrogens is 316 g/mol. The number of carbonyl (C=O) groups excluding carboxylic acids is 1. The molecule has 2 aromatic carbocycles. The molecule has 0 heterocycles. The molecule has 0 atom stereocenters. The number of ether oxygens (including phenoxy) is 1. The van der Waals surface area contributed by atoms with Crippen LogP contribution >= 0.6 is 0 Å². The molecule has 0 aliphatic heterocycles. The van der Waals surface area contributed by atoms with Crippen LogP contribution in [0.5, 0.6) is 5.75 Å². The summed E-state index contributed by atoms with van der Waals surface area (Å²) >= 11 is 0. The van der Waals surface area contributed by atoms with Crippen molar-refractivity contribution in [1.29, 1.82) is 0 Å². The van der Waals surface area contributed by atoms with Crippen LogP contribution in [-0.4, -0.2) is 14.3 Å². The highest BCUT2D eigenvalue weighted by molar-refractivity contribution is 6.74. The summed E-state index contributed by atoms with van der Waals surface area (Å²) < 4.78 is 11.6. The Hall–Kier alpha value is -2.07. The highest BCUT2D eigenvalue weighted by atomic mass is 28.4. The lowest BCUT2D eigenvalue weighted by molar-refractivity contribution is 0.0472. The molecular formula is C20H26O3Si. The smallest absolute Gasteiger partial charge is 0.338 e. The molecule has 0 N–H and O–H groups in total. The summed E-state index contributed by atoms with van der Waals surface area (Å²) in [6.07, 6.45) is 0. The Bertz CT molecular complexity index is 670. The fourth-order valence-corrected chi connectivity index (χ4v) is 2.94. The molecule has 24 heavy (non-hydrogen) atoms. The summed E-state index contributed by atoms with van der Waals surface area (Å²) in [5.74, 6) is 0.485. The monoisotopic (exact) mass is 342 g/mol. The molecule has 0 radical (unpaired) electrons. The minimum Gasteiger partial charge on any atom is -0.544 e. The lowest BCUT2D eigenvalue weighted by atomic mass is 10.2. The van der Waals surface area contributed by atoms with E-state index < -0.39 is 8.32 Å². The van der Waals surface area contributed by atoms with Gasteiger partial charge in [0.2, 0.25) is 8.32 Å². The topological polar surface area (TPSA) is 35.5 Å². The predicted molar refractivity (Wildman–Crippen MR) is 99.8 cm³/mol. The van der Waals surface area contributed by atoms with Gasteiger partial charge < -0.3 is 9.16 Å². The molecule has 2 aromatic rings. The van der Waals surface area contributed by atoms with Crippen LogP contribution in [0.25, 0.3) is 0 Å². The van der Waals surface area contributed by atoms with Gasteiger partial charge in [0.15, 0.2) is 0 Å². The van der Waals surface area contributed by atoms with Gasteiger partial charge in [-0.3, -0.25) is 0 Å². The van der Waals surface area contributed by atoms with Crippen molar-refractivity contribution in [1.82, 2.24) is 0 Å². The molecule has 0 saturated heterocycles. The molecule has 0 aliphatic rings. The van der Waals surface area contributed by atoms with E-state index in [1.165, 1.54) is 0 Å². The molecule has 0 aromatic heterocycles. The summed E-state index contributed by atoms with van der Waals surface area (Å²) in [4.78, 5) is 12.1. The van der Waals surface area contributed by atoms with Crippen molar-refractivity contribution in [2.75, 3.05) is 0 Å². The van der Waals surface area contributed by atoms with E-state index in [2.05, 4.69) is 33.9 Å². The van der Waals surface area contributed by atoms with Gasteiger partial charge in [-0.15, -0.1) is 0 Å². The van der Waals surface area contributed by atoms with Crippen molar-refractivity contribution < 1.29 is 14.0 Å². The van der Waals surface area contributed by atoms with Crippen LogP contribution < -0.4 is 4.43 Å². The van der Waals surface area contributed by atoms with Crippen LogP contribution in [0.2, 0.25) is 18.1 Å². The van der Waals surface area contributed by atoms with E-state index in [1.54, 1.807) is 12.1 Å². The first-order valence-electron chi connectivity index (χ1n) is 8.19. The fourth-order valence-electron chi connectivity index (χ4n) is 1.91. The third kappa shape index (κ3) is 4.71. The van der Waals surface area contributed by atoms with Gasteiger partial charge in [-0.25, -0.2) is 4.79 Å². The maximum atomic E-state index is 12.1. The second-order valence-corrected chi connectivity index (χ2v) is 12.2. The van der Waals surface area contributed by atoms with Gasteiger partial charge in [-0.1, -0.05) is 51.1 Å². The summed E-state index contributed by atoms with van der Waals surface area (Å²) in [7, 11) is -1.87. The second kappa shape index (κ2) is 7.22. The van der Waals surface area contributed by atoms with E-state index in [-0.39, 0.29) is 17.6 Å². The van der Waals surface area contributed by atoms with Crippen LogP contribution in [-0.2, 0) is 11.3 Å². The number of carbonyl (C=O) groups is 1. The fraction of sp³-hybridized carbons (Fsp3) is 0.350. The highest BCUT2D eigenvalue weighted by Crippen LogP contribution is 2.37. The van der Waals surface area contributed by atoms with E-state index in [4.69, 9.17) is 9.16 Å². The highest BCUT2D eigenvalue weighted by Gasteiger charge is 2.38. The lowest BCUT2D eigenvalue weighted by Crippen LogP contribution is -2.43. The standard InChI is InChI=1S/C20H26O3Si/c1-20(2,3)24(4,5)23-18-13-11-17(12-14-18)19(21)22-15-16-9-7-6-8-10-16/h6-14H,15H2,1-5H3.